The molecule has 0 rings (SSSR count). The SMILES string of the molecule is C=[CH][Pd+2][CH2]C(C)C.O.[Cl-].[Cl-]. The van der Waals surface area contributed by atoms with Gasteiger partial charge in [-0.3, -0.25) is 0 Å². The summed E-state index contributed by atoms with van der Waals surface area (Å²) < 4.78 is 2.02. The minimum Gasteiger partial charge on any atom is -1.00 e. The third-order valence-corrected chi connectivity index (χ3v) is 2.51. The standard InChI is InChI=1S/C4H9.C2H3.2ClH.H2O.Pd/c1-4(2)3;1-2;;;;/h4H,1H2,2-3H3;1H,2H2;2*1H;1H2;/q;;;;;+2/p-2. The zero-order valence-corrected chi connectivity index (χ0v) is 9.21. The summed E-state index contributed by atoms with van der Waals surface area (Å²) in [5, 5.41) is 0. The van der Waals surface area contributed by atoms with E-state index in [0.29, 0.717) is 0 Å². The topological polar surface area (TPSA) is 31.5 Å². The van der Waals surface area contributed by atoms with Crippen molar-refractivity contribution in [3.8, 4) is 0 Å². The van der Waals surface area contributed by atoms with E-state index in [2.05, 4.69) is 20.4 Å². The van der Waals surface area contributed by atoms with Crippen LogP contribution in [0.25, 0.3) is 0 Å². The number of rotatable bonds is 3. The van der Waals surface area contributed by atoms with Crippen LogP contribution in [0.2, 0.25) is 4.89 Å². The van der Waals surface area contributed by atoms with Gasteiger partial charge in [-0.05, 0) is 0 Å². The second-order valence-corrected chi connectivity index (χ2v) is 3.69. The average Bonchev–Trinajstić information content (AvgIpc) is 1.61. The molecule has 0 heterocycles. The van der Waals surface area contributed by atoms with E-state index < -0.39 is 0 Å². The Morgan fingerprint density at radius 2 is 1.80 bits per heavy atom. The van der Waals surface area contributed by atoms with Crippen LogP contribution in [-0.4, -0.2) is 5.48 Å². The molecule has 0 atom stereocenters. The van der Waals surface area contributed by atoms with Crippen LogP contribution in [0.3, 0.4) is 0 Å². The first-order valence-electron chi connectivity index (χ1n) is 2.38. The second kappa shape index (κ2) is 16.5. The largest absolute Gasteiger partial charge is 1.00 e. The molecule has 0 aromatic carbocycles. The molecule has 0 saturated carbocycles. The molecular formula is C6H14Cl2OPd. The van der Waals surface area contributed by atoms with Crippen LogP contribution in [0.1, 0.15) is 13.8 Å². The number of hydrogen-bond donors (Lipinski definition) is 0. The van der Waals surface area contributed by atoms with E-state index in [4.69, 9.17) is 0 Å². The molecule has 0 spiro atoms. The quantitative estimate of drug-likeness (QED) is 0.466. The van der Waals surface area contributed by atoms with Crippen LogP contribution in [0, 0.1) is 5.92 Å². The van der Waals surface area contributed by atoms with Crippen LogP contribution in [0.15, 0.2) is 11.1 Å². The third kappa shape index (κ3) is 23.1. The molecule has 0 fully saturated rings. The van der Waals surface area contributed by atoms with Gasteiger partial charge in [0.2, 0.25) is 0 Å². The molecule has 0 aromatic rings. The molecule has 0 saturated heterocycles. The Balaban J connectivity index is -0.0000000600. The van der Waals surface area contributed by atoms with Crippen molar-refractivity contribution in [1.82, 2.24) is 0 Å². The van der Waals surface area contributed by atoms with Crippen LogP contribution in [-0.2, 0) is 18.0 Å². The Hall–Kier alpha value is 0.942. The molecule has 10 heavy (non-hydrogen) atoms. The summed E-state index contributed by atoms with van der Waals surface area (Å²) in [6, 6.07) is 0. The van der Waals surface area contributed by atoms with Gasteiger partial charge in [-0.15, -0.1) is 0 Å². The molecule has 0 bridgehead atoms. The third-order valence-electron chi connectivity index (χ3n) is 0.424. The van der Waals surface area contributed by atoms with E-state index in [0.717, 1.165) is 23.9 Å². The summed E-state index contributed by atoms with van der Waals surface area (Å²) in [6.45, 7) is 8.13. The fourth-order valence-electron chi connectivity index (χ4n) is 0.202. The van der Waals surface area contributed by atoms with Crippen molar-refractivity contribution in [2.75, 3.05) is 0 Å². The van der Waals surface area contributed by atoms with Gasteiger partial charge < -0.3 is 30.3 Å². The van der Waals surface area contributed by atoms with Crippen molar-refractivity contribution in [3.63, 3.8) is 0 Å². The molecule has 0 aliphatic heterocycles. The molecule has 0 aromatic heterocycles. The minimum atomic E-state index is 0. The molecule has 1 nitrogen and oxygen atoms in total. The summed E-state index contributed by atoms with van der Waals surface area (Å²) in [5.74, 6) is 0.854. The van der Waals surface area contributed by atoms with E-state index in [1.807, 2.05) is 4.55 Å². The molecule has 0 unspecified atom stereocenters. The Morgan fingerprint density at radius 3 is 1.90 bits per heavy atom. The summed E-state index contributed by atoms with van der Waals surface area (Å²) in [7, 11) is 0. The van der Waals surface area contributed by atoms with E-state index in [1.165, 1.54) is 4.89 Å². The van der Waals surface area contributed by atoms with Gasteiger partial charge in [0.25, 0.3) is 0 Å². The molecule has 0 aliphatic carbocycles. The van der Waals surface area contributed by atoms with E-state index >= 15 is 0 Å². The van der Waals surface area contributed by atoms with Crippen molar-refractivity contribution in [1.29, 1.82) is 0 Å². The second-order valence-electron chi connectivity index (χ2n) is 1.78. The zero-order valence-electron chi connectivity index (χ0n) is 6.14. The van der Waals surface area contributed by atoms with Gasteiger partial charge in [0.05, 0.1) is 0 Å². The minimum absolute atomic E-state index is 0. The smallest absolute Gasteiger partial charge is 0.412 e. The van der Waals surface area contributed by atoms with Crippen LogP contribution >= 0.6 is 0 Å². The van der Waals surface area contributed by atoms with Gasteiger partial charge in [-0.25, -0.2) is 0 Å². The van der Waals surface area contributed by atoms with Crippen LogP contribution < -0.4 is 24.8 Å². The van der Waals surface area contributed by atoms with Crippen LogP contribution in [0.4, 0.5) is 0 Å². The summed E-state index contributed by atoms with van der Waals surface area (Å²) in [6.07, 6.45) is 0. The molecular weight excluding hydrogens is 265 g/mol. The van der Waals surface area contributed by atoms with Gasteiger partial charge >= 0.3 is 53.8 Å². The molecule has 0 aliphatic rings. The molecule has 68 valence electrons. The Kier molecular flexibility index (Phi) is 37.0. The Bertz CT molecular complexity index is 59.7. The fraction of sp³-hybridized carbons (Fsp3) is 0.667. The van der Waals surface area contributed by atoms with E-state index in [9.17, 15) is 0 Å². The number of halogens is 2. The van der Waals surface area contributed by atoms with Gasteiger partial charge in [0.1, 0.15) is 0 Å². The predicted octanol–water partition coefficient (Wildman–Crippen LogP) is -4.53. The van der Waals surface area contributed by atoms with Crippen molar-refractivity contribution < 1.29 is 48.3 Å². The van der Waals surface area contributed by atoms with Crippen molar-refractivity contribution in [2.45, 2.75) is 18.7 Å². The Labute approximate surface area is 83.9 Å². The normalized spacial score (nSPS) is 7.10. The zero-order chi connectivity index (χ0) is 5.70. The molecule has 4 heteroatoms. The van der Waals surface area contributed by atoms with Gasteiger partial charge in [0.15, 0.2) is 0 Å². The van der Waals surface area contributed by atoms with E-state index in [-0.39, 0.29) is 30.3 Å². The first-order valence-corrected chi connectivity index (χ1v) is 4.37. The van der Waals surface area contributed by atoms with Gasteiger partial charge in [0, 0.05) is 0 Å². The molecule has 0 radical (unpaired) electrons. The maximum atomic E-state index is 3.65. The summed E-state index contributed by atoms with van der Waals surface area (Å²) >= 11 is 0.795. The average molecular weight is 280 g/mol. The fourth-order valence-corrected chi connectivity index (χ4v) is 1.19. The first-order chi connectivity index (χ1) is 3.27. The summed E-state index contributed by atoms with van der Waals surface area (Å²) in [4.78, 5) is 1.33. The Morgan fingerprint density at radius 1 is 1.40 bits per heavy atom. The van der Waals surface area contributed by atoms with Gasteiger partial charge in [-0.1, -0.05) is 0 Å². The van der Waals surface area contributed by atoms with Crippen molar-refractivity contribution in [2.24, 2.45) is 5.92 Å². The summed E-state index contributed by atoms with van der Waals surface area (Å²) in [5.41, 5.74) is 0. The van der Waals surface area contributed by atoms with Gasteiger partial charge in [-0.2, -0.15) is 0 Å². The first kappa shape index (κ1) is 22.4. The molecule has 2 N–H and O–H groups in total. The number of hydrogen-bond acceptors (Lipinski definition) is 0. The monoisotopic (exact) mass is 278 g/mol. The van der Waals surface area contributed by atoms with Crippen molar-refractivity contribution >= 4 is 0 Å². The van der Waals surface area contributed by atoms with Crippen molar-refractivity contribution in [3.05, 3.63) is 11.1 Å². The maximum absolute atomic E-state index is 3.65. The molecule has 0 amide bonds. The maximum Gasteiger partial charge on any atom is -0.412 e. The van der Waals surface area contributed by atoms with Crippen LogP contribution in [0.5, 0.6) is 0 Å². The predicted molar refractivity (Wildman–Crippen MR) is 33.5 cm³/mol. The van der Waals surface area contributed by atoms with E-state index in [1.54, 1.807) is 0 Å².